The molecule has 3 heterocycles. The highest BCUT2D eigenvalue weighted by Gasteiger charge is 2.20. The summed E-state index contributed by atoms with van der Waals surface area (Å²) in [4.78, 5) is 14.3. The summed E-state index contributed by atoms with van der Waals surface area (Å²) in [6.07, 6.45) is 4.58. The number of hydrogen-bond acceptors (Lipinski definition) is 4. The highest BCUT2D eigenvalue weighted by molar-refractivity contribution is 5.44. The van der Waals surface area contributed by atoms with E-state index in [-0.39, 0.29) is 5.82 Å². The van der Waals surface area contributed by atoms with Crippen molar-refractivity contribution in [3.63, 3.8) is 0 Å². The van der Waals surface area contributed by atoms with E-state index in [0.29, 0.717) is 6.54 Å². The van der Waals surface area contributed by atoms with Crippen LogP contribution < -0.4 is 4.90 Å². The van der Waals surface area contributed by atoms with E-state index in [2.05, 4.69) is 15.0 Å². The monoisotopic (exact) mass is 216 g/mol. The van der Waals surface area contributed by atoms with E-state index in [1.807, 2.05) is 11.1 Å². The first-order valence-electron chi connectivity index (χ1n) is 4.97. The van der Waals surface area contributed by atoms with Crippen LogP contribution in [0.1, 0.15) is 11.3 Å². The van der Waals surface area contributed by atoms with Crippen molar-refractivity contribution in [3.05, 3.63) is 47.9 Å². The first-order valence-corrected chi connectivity index (χ1v) is 4.97. The first-order chi connectivity index (χ1) is 7.83. The molecule has 0 radical (unpaired) electrons. The second-order valence-electron chi connectivity index (χ2n) is 3.69. The maximum Gasteiger partial charge on any atom is 0.141 e. The molecule has 1 aliphatic heterocycles. The Morgan fingerprint density at radius 2 is 2.06 bits per heavy atom. The van der Waals surface area contributed by atoms with Gasteiger partial charge in [0, 0.05) is 18.3 Å². The van der Waals surface area contributed by atoms with Gasteiger partial charge < -0.3 is 4.90 Å². The quantitative estimate of drug-likeness (QED) is 0.725. The van der Waals surface area contributed by atoms with Gasteiger partial charge in [-0.05, 0) is 12.1 Å². The van der Waals surface area contributed by atoms with Crippen LogP contribution in [0.25, 0.3) is 0 Å². The van der Waals surface area contributed by atoms with Gasteiger partial charge in [0.15, 0.2) is 0 Å². The van der Waals surface area contributed by atoms with Crippen molar-refractivity contribution in [1.82, 2.24) is 15.0 Å². The fourth-order valence-corrected chi connectivity index (χ4v) is 1.82. The number of halogens is 1. The third-order valence-corrected chi connectivity index (χ3v) is 2.62. The summed E-state index contributed by atoms with van der Waals surface area (Å²) in [7, 11) is 0. The van der Waals surface area contributed by atoms with Crippen LogP contribution in [0.4, 0.5) is 10.2 Å². The van der Waals surface area contributed by atoms with Crippen LogP contribution in [-0.4, -0.2) is 15.0 Å². The summed E-state index contributed by atoms with van der Waals surface area (Å²) in [5.74, 6) is 0.444. The molecule has 4 nitrogen and oxygen atoms in total. The van der Waals surface area contributed by atoms with Gasteiger partial charge in [-0.1, -0.05) is 0 Å². The summed E-state index contributed by atoms with van der Waals surface area (Å²) in [5.41, 5.74) is 2.12. The SMILES string of the molecule is Fc1ccc(N2Cc3cncnc3C2)nc1. The molecule has 5 heteroatoms. The molecule has 0 bridgehead atoms. The van der Waals surface area contributed by atoms with Gasteiger partial charge in [0.2, 0.25) is 0 Å². The number of aromatic nitrogens is 3. The van der Waals surface area contributed by atoms with E-state index in [1.54, 1.807) is 12.4 Å². The van der Waals surface area contributed by atoms with Gasteiger partial charge in [0.1, 0.15) is 18.0 Å². The number of rotatable bonds is 1. The van der Waals surface area contributed by atoms with Gasteiger partial charge in [-0.2, -0.15) is 0 Å². The van der Waals surface area contributed by atoms with Crippen molar-refractivity contribution < 1.29 is 4.39 Å². The minimum Gasteiger partial charge on any atom is -0.346 e. The zero-order valence-electron chi connectivity index (χ0n) is 8.47. The molecule has 0 amide bonds. The average molecular weight is 216 g/mol. The minimum absolute atomic E-state index is 0.319. The molecule has 0 N–H and O–H groups in total. The fraction of sp³-hybridized carbons (Fsp3) is 0.182. The molecule has 1 aliphatic rings. The molecular formula is C11H9FN4. The molecule has 0 spiro atoms. The van der Waals surface area contributed by atoms with Crippen LogP contribution in [0.15, 0.2) is 30.9 Å². The normalized spacial score (nSPS) is 13.9. The van der Waals surface area contributed by atoms with Crippen molar-refractivity contribution in [2.45, 2.75) is 13.1 Å². The fourth-order valence-electron chi connectivity index (χ4n) is 1.82. The molecular weight excluding hydrogens is 207 g/mol. The van der Waals surface area contributed by atoms with E-state index < -0.39 is 0 Å². The lowest BCUT2D eigenvalue weighted by Gasteiger charge is -2.15. The third kappa shape index (κ3) is 1.50. The van der Waals surface area contributed by atoms with E-state index >= 15 is 0 Å². The summed E-state index contributed by atoms with van der Waals surface area (Å²) < 4.78 is 12.7. The van der Waals surface area contributed by atoms with Crippen molar-refractivity contribution in [2.75, 3.05) is 4.90 Å². The second kappa shape index (κ2) is 3.52. The lowest BCUT2D eigenvalue weighted by molar-refractivity contribution is 0.620. The Balaban J connectivity index is 1.88. The molecule has 0 aromatic carbocycles. The molecule has 0 atom stereocenters. The van der Waals surface area contributed by atoms with Gasteiger partial charge in [-0.3, -0.25) is 0 Å². The van der Waals surface area contributed by atoms with Crippen LogP contribution in [0.5, 0.6) is 0 Å². The Hall–Kier alpha value is -2.04. The molecule has 80 valence electrons. The standard InChI is InChI=1S/C11H9FN4/c12-9-1-2-11(14-4-9)16-5-8-3-13-7-15-10(8)6-16/h1-4,7H,5-6H2. The van der Waals surface area contributed by atoms with E-state index in [9.17, 15) is 4.39 Å². The van der Waals surface area contributed by atoms with E-state index in [4.69, 9.17) is 0 Å². The lowest BCUT2D eigenvalue weighted by atomic mass is 10.3. The Bertz CT molecular complexity index is 487. The van der Waals surface area contributed by atoms with Gasteiger partial charge in [0.25, 0.3) is 0 Å². The number of hydrogen-bond donors (Lipinski definition) is 0. The largest absolute Gasteiger partial charge is 0.346 e. The summed E-state index contributed by atoms with van der Waals surface area (Å²) in [6.45, 7) is 1.44. The number of nitrogens with zero attached hydrogens (tertiary/aromatic N) is 4. The molecule has 3 rings (SSSR count). The lowest BCUT2D eigenvalue weighted by Crippen LogP contribution is -2.15. The maximum atomic E-state index is 12.7. The van der Waals surface area contributed by atoms with Gasteiger partial charge in [-0.15, -0.1) is 0 Å². The van der Waals surface area contributed by atoms with Crippen molar-refractivity contribution >= 4 is 5.82 Å². The van der Waals surface area contributed by atoms with Crippen LogP contribution in [0.3, 0.4) is 0 Å². The predicted molar refractivity (Wildman–Crippen MR) is 56.1 cm³/mol. The maximum absolute atomic E-state index is 12.7. The number of pyridine rings is 1. The molecule has 2 aromatic rings. The Morgan fingerprint density at radius 1 is 1.12 bits per heavy atom. The molecule has 0 saturated heterocycles. The summed E-state index contributed by atoms with van der Waals surface area (Å²) in [6, 6.07) is 3.09. The van der Waals surface area contributed by atoms with Gasteiger partial charge in [-0.25, -0.2) is 19.3 Å². The van der Waals surface area contributed by atoms with Crippen molar-refractivity contribution in [1.29, 1.82) is 0 Å². The number of anilines is 1. The summed E-state index contributed by atoms with van der Waals surface area (Å²) in [5, 5.41) is 0. The first kappa shape index (κ1) is 9.21. The molecule has 2 aromatic heterocycles. The predicted octanol–water partition coefficient (Wildman–Crippen LogP) is 1.53. The topological polar surface area (TPSA) is 41.9 Å². The Labute approximate surface area is 91.8 Å². The van der Waals surface area contributed by atoms with Gasteiger partial charge >= 0.3 is 0 Å². The third-order valence-electron chi connectivity index (χ3n) is 2.62. The number of fused-ring (bicyclic) bond motifs is 1. The minimum atomic E-state index is -0.319. The van der Waals surface area contributed by atoms with Crippen LogP contribution >= 0.6 is 0 Å². The highest BCUT2D eigenvalue weighted by Crippen LogP contribution is 2.24. The second-order valence-corrected chi connectivity index (χ2v) is 3.69. The van der Waals surface area contributed by atoms with Crippen LogP contribution in [0, 0.1) is 5.82 Å². The molecule has 0 unspecified atom stereocenters. The smallest absolute Gasteiger partial charge is 0.141 e. The highest BCUT2D eigenvalue weighted by atomic mass is 19.1. The van der Waals surface area contributed by atoms with E-state index in [1.165, 1.54) is 12.3 Å². The van der Waals surface area contributed by atoms with Crippen molar-refractivity contribution in [2.24, 2.45) is 0 Å². The molecule has 0 saturated carbocycles. The van der Waals surface area contributed by atoms with Crippen LogP contribution in [0.2, 0.25) is 0 Å². The summed E-state index contributed by atoms with van der Waals surface area (Å²) >= 11 is 0. The average Bonchev–Trinajstić information content (AvgIpc) is 2.73. The zero-order valence-corrected chi connectivity index (χ0v) is 8.47. The zero-order chi connectivity index (χ0) is 11.0. The van der Waals surface area contributed by atoms with E-state index in [0.717, 1.165) is 23.6 Å². The molecule has 0 fully saturated rings. The molecule has 0 aliphatic carbocycles. The van der Waals surface area contributed by atoms with Crippen LogP contribution in [-0.2, 0) is 13.1 Å². The van der Waals surface area contributed by atoms with Crippen molar-refractivity contribution in [3.8, 4) is 0 Å². The Morgan fingerprint density at radius 3 is 2.81 bits per heavy atom. The van der Waals surface area contributed by atoms with Gasteiger partial charge in [0.05, 0.1) is 18.4 Å². The Kier molecular flexibility index (Phi) is 2.02. The molecule has 16 heavy (non-hydrogen) atoms.